The second kappa shape index (κ2) is 18.0. The molecule has 1 aliphatic heterocycles. The van der Waals surface area contributed by atoms with Gasteiger partial charge in [0, 0.05) is 24.4 Å². The quantitative estimate of drug-likeness (QED) is 0.0780. The third-order valence-electron chi connectivity index (χ3n) is 9.56. The minimum Gasteiger partial charge on any atom is -0.497 e. The van der Waals surface area contributed by atoms with Gasteiger partial charge in [-0.3, -0.25) is 18.7 Å². The molecule has 55 heavy (non-hydrogen) atoms. The molecule has 0 amide bonds. The van der Waals surface area contributed by atoms with Crippen LogP contribution >= 0.6 is 8.53 Å². The summed E-state index contributed by atoms with van der Waals surface area (Å²) < 4.78 is 41.5. The van der Waals surface area contributed by atoms with E-state index < -0.39 is 43.8 Å². The first-order valence-electron chi connectivity index (χ1n) is 18.2. The van der Waals surface area contributed by atoms with Crippen molar-refractivity contribution in [1.29, 1.82) is 5.26 Å². The number of aryl methyl sites for hydroxylation is 2. The molecule has 1 saturated heterocycles. The predicted octanol–water partition coefficient (Wildman–Crippen LogP) is 6.92. The van der Waals surface area contributed by atoms with Crippen molar-refractivity contribution in [2.45, 2.75) is 76.6 Å². The molecule has 0 radical (unpaired) electrons. The molecular formula is C41H46N5O8P. The van der Waals surface area contributed by atoms with Gasteiger partial charge in [-0.25, -0.2) is 9.78 Å². The number of nitriles is 1. The first kappa shape index (κ1) is 39.6. The zero-order chi connectivity index (χ0) is 39.0. The Kier molecular flexibility index (Phi) is 13.0. The van der Waals surface area contributed by atoms with Gasteiger partial charge in [-0.1, -0.05) is 67.9 Å². The van der Waals surface area contributed by atoms with Crippen molar-refractivity contribution in [3.63, 3.8) is 0 Å². The van der Waals surface area contributed by atoms with Crippen LogP contribution in [0.5, 0.6) is 11.5 Å². The summed E-state index contributed by atoms with van der Waals surface area (Å²) in [4.78, 5) is 32.3. The van der Waals surface area contributed by atoms with E-state index in [1.165, 1.54) is 10.8 Å². The Hall–Kier alpha value is -5.09. The maximum Gasteiger partial charge on any atom is 0.330 e. The summed E-state index contributed by atoms with van der Waals surface area (Å²) in [5.74, 6) is 1.39. The van der Waals surface area contributed by atoms with Crippen molar-refractivity contribution in [2.75, 3.05) is 20.8 Å². The van der Waals surface area contributed by atoms with Crippen LogP contribution in [0.3, 0.4) is 0 Å². The van der Waals surface area contributed by atoms with Crippen molar-refractivity contribution < 1.29 is 28.0 Å². The number of hydrogen-bond acceptors (Lipinski definition) is 10. The Labute approximate surface area is 321 Å². The average molecular weight is 768 g/mol. The average Bonchev–Trinajstić information content (AvgIpc) is 3.83. The molecule has 13 nitrogen and oxygen atoms in total. The SMILES string of the molecule is CCCC(CC#N)OP(OC1CC(n2cc(C)c(=O)[nH]c2=O)OC1COC(c1ccccc1)(c1ccc(OC)cc1)c1ccc(OC)cc1)n1cnc(C)c1. The Morgan fingerprint density at radius 2 is 1.60 bits per heavy atom. The summed E-state index contributed by atoms with van der Waals surface area (Å²) in [6.45, 7) is 5.55. The molecule has 0 bridgehead atoms. The molecule has 5 atom stereocenters. The zero-order valence-corrected chi connectivity index (χ0v) is 32.5. The number of aromatic amines is 1. The summed E-state index contributed by atoms with van der Waals surface area (Å²) >= 11 is 0. The molecule has 0 spiro atoms. The number of rotatable bonds is 17. The first-order chi connectivity index (χ1) is 26.7. The van der Waals surface area contributed by atoms with Crippen molar-refractivity contribution in [1.82, 2.24) is 18.9 Å². The van der Waals surface area contributed by atoms with E-state index in [2.05, 4.69) is 16.0 Å². The van der Waals surface area contributed by atoms with Crippen LogP contribution in [0.15, 0.2) is 107 Å². The van der Waals surface area contributed by atoms with Crippen molar-refractivity contribution in [3.8, 4) is 17.6 Å². The molecule has 5 unspecified atom stereocenters. The van der Waals surface area contributed by atoms with Crippen molar-refractivity contribution in [3.05, 3.63) is 146 Å². The highest BCUT2D eigenvalue weighted by Gasteiger charge is 2.44. The van der Waals surface area contributed by atoms with Crippen LogP contribution in [0.2, 0.25) is 0 Å². The number of nitrogens with one attached hydrogen (secondary N) is 1. The fourth-order valence-electron chi connectivity index (χ4n) is 6.70. The van der Waals surface area contributed by atoms with E-state index >= 15 is 0 Å². The molecular weight excluding hydrogens is 721 g/mol. The van der Waals surface area contributed by atoms with Gasteiger partial charge in [0.2, 0.25) is 0 Å². The summed E-state index contributed by atoms with van der Waals surface area (Å²) in [5, 5.41) is 9.60. The highest BCUT2D eigenvalue weighted by molar-refractivity contribution is 7.45. The summed E-state index contributed by atoms with van der Waals surface area (Å²) in [5.41, 5.74) is 1.45. The fourth-order valence-corrected chi connectivity index (χ4v) is 8.26. The normalized spacial score (nSPS) is 18.1. The number of H-pyrrole nitrogens is 1. The molecule has 6 rings (SSSR count). The summed E-state index contributed by atoms with van der Waals surface area (Å²) in [6.07, 6.45) is 4.31. The molecule has 2 aromatic heterocycles. The van der Waals surface area contributed by atoms with Gasteiger partial charge in [0.15, 0.2) is 0 Å². The minimum absolute atomic E-state index is 0.00786. The maximum absolute atomic E-state index is 13.2. The number of methoxy groups -OCH3 is 2. The van der Waals surface area contributed by atoms with Crippen LogP contribution in [-0.4, -0.2) is 58.0 Å². The lowest BCUT2D eigenvalue weighted by Crippen LogP contribution is -2.38. The lowest BCUT2D eigenvalue weighted by molar-refractivity contribution is -0.0921. The van der Waals surface area contributed by atoms with E-state index in [1.807, 2.05) is 98.9 Å². The molecule has 1 fully saturated rings. The number of aromatic nitrogens is 4. The smallest absolute Gasteiger partial charge is 0.330 e. The summed E-state index contributed by atoms with van der Waals surface area (Å²) in [6, 6.07) is 27.6. The molecule has 1 N–H and O–H groups in total. The van der Waals surface area contributed by atoms with Crippen LogP contribution in [-0.2, 0) is 24.1 Å². The first-order valence-corrected chi connectivity index (χ1v) is 19.3. The van der Waals surface area contributed by atoms with Crippen LogP contribution in [0.1, 0.15) is 66.8 Å². The minimum atomic E-state index is -1.83. The molecule has 5 aromatic rings. The Balaban J connectivity index is 1.43. The third kappa shape index (κ3) is 8.91. The fraction of sp³-hybridized carbons (Fsp3) is 0.366. The van der Waals surface area contributed by atoms with Gasteiger partial charge in [0.25, 0.3) is 14.1 Å². The molecule has 1 aliphatic rings. The molecule has 0 saturated carbocycles. The topological polar surface area (TPSA) is 152 Å². The number of ether oxygens (including phenoxy) is 4. The van der Waals surface area contributed by atoms with Gasteiger partial charge in [-0.2, -0.15) is 5.26 Å². The third-order valence-corrected chi connectivity index (χ3v) is 11.1. The second-order valence-corrected chi connectivity index (χ2v) is 14.7. The predicted molar refractivity (Wildman–Crippen MR) is 207 cm³/mol. The van der Waals surface area contributed by atoms with E-state index in [1.54, 1.807) is 31.8 Å². The van der Waals surface area contributed by atoms with Crippen molar-refractivity contribution >= 4 is 8.53 Å². The molecule has 14 heteroatoms. The van der Waals surface area contributed by atoms with Crippen LogP contribution in [0.4, 0.5) is 0 Å². The van der Waals surface area contributed by atoms with Crippen molar-refractivity contribution in [2.24, 2.45) is 0 Å². The number of imidazole rings is 1. The van der Waals surface area contributed by atoms with Gasteiger partial charge < -0.3 is 28.0 Å². The Morgan fingerprint density at radius 3 is 2.16 bits per heavy atom. The van der Waals surface area contributed by atoms with Crippen LogP contribution < -0.4 is 20.7 Å². The number of benzene rings is 3. The molecule has 3 heterocycles. The van der Waals surface area contributed by atoms with Gasteiger partial charge >= 0.3 is 5.69 Å². The van der Waals surface area contributed by atoms with Gasteiger partial charge in [-0.15, -0.1) is 0 Å². The van der Waals surface area contributed by atoms with Crippen LogP contribution in [0.25, 0.3) is 0 Å². The zero-order valence-electron chi connectivity index (χ0n) is 31.6. The Morgan fingerprint density at radius 1 is 0.964 bits per heavy atom. The second-order valence-electron chi connectivity index (χ2n) is 13.3. The van der Waals surface area contributed by atoms with Gasteiger partial charge in [0.05, 0.1) is 51.2 Å². The highest BCUT2D eigenvalue weighted by atomic mass is 31.2. The van der Waals surface area contributed by atoms with Gasteiger partial charge in [-0.05, 0) is 61.2 Å². The monoisotopic (exact) mass is 767 g/mol. The van der Waals surface area contributed by atoms with E-state index in [0.717, 1.165) is 28.8 Å². The standard InChI is InChI=1S/C41H46N5O8P/c1-6-10-35(21-22-42)53-55(45-25-29(3)43-27-45)54-36-23-38(46-24-28(2)39(47)44-40(46)48)52-37(36)26-51-41(30-11-8-7-9-12-30,31-13-17-33(49-4)18-14-31)32-15-19-34(50-5)20-16-32/h7-9,11-20,24-25,27,35-38H,6,10,21,23,26H2,1-5H3,(H,44,47,48). The van der Waals surface area contributed by atoms with Gasteiger partial charge in [0.1, 0.15) is 35.8 Å². The largest absolute Gasteiger partial charge is 0.497 e. The molecule has 288 valence electrons. The van der Waals surface area contributed by atoms with E-state index in [9.17, 15) is 14.9 Å². The van der Waals surface area contributed by atoms with E-state index in [0.29, 0.717) is 23.5 Å². The highest BCUT2D eigenvalue weighted by Crippen LogP contribution is 2.48. The van der Waals surface area contributed by atoms with Crippen LogP contribution in [0, 0.1) is 25.2 Å². The molecule has 0 aliphatic carbocycles. The number of hydrogen-bond donors (Lipinski definition) is 1. The number of nitrogens with zero attached hydrogens (tertiary/aromatic N) is 4. The summed E-state index contributed by atoms with van der Waals surface area (Å²) in [7, 11) is 1.41. The van der Waals surface area contributed by atoms with E-state index in [4.69, 9.17) is 28.0 Å². The Bertz CT molecular complexity index is 2120. The maximum atomic E-state index is 13.2. The lowest BCUT2D eigenvalue weighted by Gasteiger charge is -2.37. The lowest BCUT2D eigenvalue weighted by atomic mass is 9.80. The molecule has 3 aromatic carbocycles. The van der Waals surface area contributed by atoms with E-state index in [-0.39, 0.29) is 25.6 Å².